The Morgan fingerprint density at radius 3 is 2.42 bits per heavy atom. The molecular formula is C24H24F3NO3. The first kappa shape index (κ1) is 22.6. The lowest BCUT2D eigenvalue weighted by Gasteiger charge is -2.27. The van der Waals surface area contributed by atoms with Crippen molar-refractivity contribution in [3.63, 3.8) is 0 Å². The zero-order valence-corrected chi connectivity index (χ0v) is 17.5. The van der Waals surface area contributed by atoms with Crippen molar-refractivity contribution in [3.05, 3.63) is 77.4 Å². The minimum atomic E-state index is -4.51. The molecule has 164 valence electrons. The fraction of sp³-hybridized carbons (Fsp3) is 0.292. The lowest BCUT2D eigenvalue weighted by molar-refractivity contribution is -0.157. The molecule has 0 spiro atoms. The van der Waals surface area contributed by atoms with Gasteiger partial charge in [0.15, 0.2) is 0 Å². The van der Waals surface area contributed by atoms with Crippen LogP contribution in [0.3, 0.4) is 0 Å². The molecule has 3 rings (SSSR count). The Balaban J connectivity index is 1.92. The molecule has 2 atom stereocenters. The van der Waals surface area contributed by atoms with Crippen LogP contribution in [0.15, 0.2) is 60.7 Å². The largest absolute Gasteiger partial charge is 0.496 e. The summed E-state index contributed by atoms with van der Waals surface area (Å²) in [5.41, 5.74) is 1.22. The zero-order valence-electron chi connectivity index (χ0n) is 17.5. The van der Waals surface area contributed by atoms with Crippen LogP contribution in [-0.2, 0) is 11.2 Å². The average molecular weight is 431 g/mol. The number of benzene rings is 3. The maximum absolute atomic E-state index is 14.0. The molecule has 0 heterocycles. The summed E-state index contributed by atoms with van der Waals surface area (Å²) in [6.07, 6.45) is -4.91. The molecule has 0 aliphatic heterocycles. The maximum Gasteiger partial charge on any atom is 0.404 e. The third kappa shape index (κ3) is 5.17. The Labute approximate surface area is 179 Å². The summed E-state index contributed by atoms with van der Waals surface area (Å²) >= 11 is 0. The number of hydrogen-bond acceptors (Lipinski definition) is 4. The van der Waals surface area contributed by atoms with Gasteiger partial charge in [0, 0.05) is 12.5 Å². The third-order valence-electron chi connectivity index (χ3n) is 5.26. The van der Waals surface area contributed by atoms with Gasteiger partial charge in [-0.15, -0.1) is 0 Å². The van der Waals surface area contributed by atoms with Crippen molar-refractivity contribution >= 4 is 16.7 Å². The maximum atomic E-state index is 14.0. The normalized spacial score (nSPS) is 13.6. The Morgan fingerprint density at radius 1 is 1.03 bits per heavy atom. The molecule has 7 heteroatoms. The SMILES string of the molecule is COC(=O)c1ccc(OC)c(CC(N[C@H](C)c2cccc3ccccc23)C(F)(F)F)c1. The second kappa shape index (κ2) is 9.39. The van der Waals surface area contributed by atoms with Crippen LogP contribution in [0, 0.1) is 0 Å². The van der Waals surface area contributed by atoms with Crippen molar-refractivity contribution in [1.82, 2.24) is 5.32 Å². The van der Waals surface area contributed by atoms with Gasteiger partial charge in [-0.25, -0.2) is 4.79 Å². The highest BCUT2D eigenvalue weighted by Crippen LogP contribution is 2.31. The van der Waals surface area contributed by atoms with Gasteiger partial charge in [-0.05, 0) is 47.0 Å². The molecule has 0 amide bonds. The van der Waals surface area contributed by atoms with Crippen LogP contribution < -0.4 is 10.1 Å². The van der Waals surface area contributed by atoms with E-state index in [1.54, 1.807) is 6.92 Å². The zero-order chi connectivity index (χ0) is 22.6. The predicted octanol–water partition coefficient (Wildman–Crippen LogP) is 5.46. The van der Waals surface area contributed by atoms with Crippen LogP contribution >= 0.6 is 0 Å². The topological polar surface area (TPSA) is 47.6 Å². The molecule has 3 aromatic carbocycles. The molecule has 0 aromatic heterocycles. The van der Waals surface area contributed by atoms with E-state index in [9.17, 15) is 18.0 Å². The number of nitrogens with one attached hydrogen (secondary N) is 1. The third-order valence-corrected chi connectivity index (χ3v) is 5.26. The predicted molar refractivity (Wildman–Crippen MR) is 113 cm³/mol. The summed E-state index contributed by atoms with van der Waals surface area (Å²) in [6, 6.07) is 15.1. The minimum absolute atomic E-state index is 0.168. The number of alkyl halides is 3. The number of hydrogen-bond donors (Lipinski definition) is 1. The number of fused-ring (bicyclic) bond motifs is 1. The molecule has 0 saturated heterocycles. The van der Waals surface area contributed by atoms with Crippen molar-refractivity contribution in [1.29, 1.82) is 0 Å². The fourth-order valence-electron chi connectivity index (χ4n) is 3.69. The van der Waals surface area contributed by atoms with E-state index < -0.39 is 30.7 Å². The summed E-state index contributed by atoms with van der Waals surface area (Å²) in [7, 11) is 2.60. The van der Waals surface area contributed by atoms with E-state index in [-0.39, 0.29) is 16.9 Å². The first-order valence-electron chi connectivity index (χ1n) is 9.80. The van der Waals surface area contributed by atoms with Gasteiger partial charge in [0.2, 0.25) is 0 Å². The molecule has 4 nitrogen and oxygen atoms in total. The van der Waals surface area contributed by atoms with Crippen LogP contribution in [0.1, 0.15) is 34.5 Å². The average Bonchev–Trinajstić information content (AvgIpc) is 2.76. The molecule has 1 unspecified atom stereocenters. The highest BCUT2D eigenvalue weighted by Gasteiger charge is 2.41. The second-order valence-electron chi connectivity index (χ2n) is 7.27. The number of rotatable bonds is 7. The van der Waals surface area contributed by atoms with Gasteiger partial charge in [0.05, 0.1) is 19.8 Å². The van der Waals surface area contributed by atoms with Crippen molar-refractivity contribution in [3.8, 4) is 5.75 Å². The van der Waals surface area contributed by atoms with Crippen molar-refractivity contribution in [2.75, 3.05) is 14.2 Å². The van der Waals surface area contributed by atoms with Gasteiger partial charge in [-0.3, -0.25) is 5.32 Å². The lowest BCUT2D eigenvalue weighted by Crippen LogP contribution is -2.45. The molecule has 0 aliphatic rings. The summed E-state index contributed by atoms with van der Waals surface area (Å²) < 4.78 is 51.8. The summed E-state index contributed by atoms with van der Waals surface area (Å²) in [6.45, 7) is 1.71. The first-order chi connectivity index (χ1) is 14.7. The molecule has 1 N–H and O–H groups in total. The highest BCUT2D eigenvalue weighted by atomic mass is 19.4. The number of carbonyl (C=O) groups is 1. The number of esters is 1. The van der Waals surface area contributed by atoms with E-state index in [1.807, 2.05) is 42.5 Å². The van der Waals surface area contributed by atoms with E-state index in [0.29, 0.717) is 0 Å². The van der Waals surface area contributed by atoms with Gasteiger partial charge in [-0.1, -0.05) is 42.5 Å². The van der Waals surface area contributed by atoms with Gasteiger partial charge in [-0.2, -0.15) is 13.2 Å². The van der Waals surface area contributed by atoms with Crippen LogP contribution in [0.4, 0.5) is 13.2 Å². The fourth-order valence-corrected chi connectivity index (χ4v) is 3.69. The number of carbonyl (C=O) groups excluding carboxylic acids is 1. The molecule has 0 radical (unpaired) electrons. The minimum Gasteiger partial charge on any atom is -0.496 e. The molecule has 0 aliphatic carbocycles. The van der Waals surface area contributed by atoms with E-state index >= 15 is 0 Å². The monoisotopic (exact) mass is 431 g/mol. The molecular weight excluding hydrogens is 407 g/mol. The number of halogens is 3. The Bertz CT molecular complexity index is 1060. The van der Waals surface area contributed by atoms with E-state index in [4.69, 9.17) is 4.74 Å². The van der Waals surface area contributed by atoms with Crippen LogP contribution in [0.25, 0.3) is 10.8 Å². The Kier molecular flexibility index (Phi) is 6.85. The van der Waals surface area contributed by atoms with Crippen molar-refractivity contribution in [2.24, 2.45) is 0 Å². The van der Waals surface area contributed by atoms with E-state index in [1.165, 1.54) is 32.4 Å². The van der Waals surface area contributed by atoms with Crippen LogP contribution in [-0.4, -0.2) is 32.4 Å². The van der Waals surface area contributed by atoms with Gasteiger partial charge >= 0.3 is 12.1 Å². The van der Waals surface area contributed by atoms with Crippen LogP contribution in [0.2, 0.25) is 0 Å². The van der Waals surface area contributed by atoms with Crippen molar-refractivity contribution in [2.45, 2.75) is 31.6 Å². The second-order valence-corrected chi connectivity index (χ2v) is 7.27. The molecule has 31 heavy (non-hydrogen) atoms. The molecule has 0 fully saturated rings. The van der Waals surface area contributed by atoms with Gasteiger partial charge in [0.1, 0.15) is 11.8 Å². The Hall–Kier alpha value is -3.06. The molecule has 3 aromatic rings. The Morgan fingerprint density at radius 2 is 1.74 bits per heavy atom. The summed E-state index contributed by atoms with van der Waals surface area (Å²) in [5.74, 6) is -0.342. The highest BCUT2D eigenvalue weighted by molar-refractivity contribution is 5.89. The summed E-state index contributed by atoms with van der Waals surface area (Å²) in [4.78, 5) is 11.8. The van der Waals surface area contributed by atoms with Gasteiger partial charge in [0.25, 0.3) is 0 Å². The number of ether oxygens (including phenoxy) is 2. The number of methoxy groups -OCH3 is 2. The standard InChI is InChI=1S/C24H24F3NO3/c1-15(19-10-6-8-16-7-4-5-9-20(16)19)28-22(24(25,26)27)14-18-13-17(23(29)31-3)11-12-21(18)30-2/h4-13,15,22,28H,14H2,1-3H3/t15-,22?/m1/s1. The van der Waals surface area contributed by atoms with E-state index in [2.05, 4.69) is 10.1 Å². The molecule has 0 bridgehead atoms. The van der Waals surface area contributed by atoms with Gasteiger partial charge < -0.3 is 9.47 Å². The van der Waals surface area contributed by atoms with Crippen molar-refractivity contribution < 1.29 is 27.4 Å². The van der Waals surface area contributed by atoms with Crippen LogP contribution in [0.5, 0.6) is 5.75 Å². The quantitative estimate of drug-likeness (QED) is 0.505. The lowest BCUT2D eigenvalue weighted by atomic mass is 9.97. The summed E-state index contributed by atoms with van der Waals surface area (Å²) in [5, 5.41) is 4.59. The smallest absolute Gasteiger partial charge is 0.404 e. The first-order valence-corrected chi connectivity index (χ1v) is 9.80. The van der Waals surface area contributed by atoms with E-state index in [0.717, 1.165) is 16.3 Å². The molecule has 0 saturated carbocycles.